The zero-order valence-electron chi connectivity index (χ0n) is 11.5. The van der Waals surface area contributed by atoms with E-state index >= 15 is 0 Å². The van der Waals surface area contributed by atoms with Crippen LogP contribution in [0.1, 0.15) is 37.6 Å². The summed E-state index contributed by atoms with van der Waals surface area (Å²) >= 11 is 0. The Morgan fingerprint density at radius 1 is 1.32 bits per heavy atom. The minimum atomic E-state index is -0.351. The Labute approximate surface area is 114 Å². The van der Waals surface area contributed by atoms with Crippen LogP contribution in [0, 0.1) is 0 Å². The minimum absolute atomic E-state index is 0.351. The van der Waals surface area contributed by atoms with Crippen LogP contribution in [0.5, 0.6) is 0 Å². The van der Waals surface area contributed by atoms with Crippen molar-refractivity contribution in [2.24, 2.45) is 0 Å². The maximum Gasteiger partial charge on any atom is 0.0650 e. The molecule has 1 atom stereocenters. The van der Waals surface area contributed by atoms with Crippen molar-refractivity contribution >= 4 is 0 Å². The third-order valence-corrected chi connectivity index (χ3v) is 3.13. The van der Waals surface area contributed by atoms with Gasteiger partial charge in [0.25, 0.3) is 0 Å². The van der Waals surface area contributed by atoms with Crippen LogP contribution in [-0.2, 0) is 12.8 Å². The van der Waals surface area contributed by atoms with Crippen LogP contribution in [0.4, 0.5) is 0 Å². The number of aryl methyl sites for hydroxylation is 1. The lowest BCUT2D eigenvalue weighted by Gasteiger charge is -2.09. The van der Waals surface area contributed by atoms with Gasteiger partial charge in [0.1, 0.15) is 0 Å². The van der Waals surface area contributed by atoms with Gasteiger partial charge in [0.2, 0.25) is 0 Å². The molecule has 0 aliphatic carbocycles. The average molecular weight is 259 g/mol. The van der Waals surface area contributed by atoms with Crippen LogP contribution in [0.25, 0.3) is 0 Å². The molecule has 102 valence electrons. The molecule has 0 saturated heterocycles. The van der Waals surface area contributed by atoms with E-state index in [0.717, 1.165) is 24.1 Å². The van der Waals surface area contributed by atoms with Gasteiger partial charge in [-0.05, 0) is 44.4 Å². The molecule has 1 unspecified atom stereocenters. The Morgan fingerprint density at radius 2 is 2.16 bits per heavy atom. The number of rotatable bonds is 6. The molecule has 19 heavy (non-hydrogen) atoms. The van der Waals surface area contributed by atoms with Crippen LogP contribution >= 0.6 is 0 Å². The Morgan fingerprint density at radius 3 is 2.79 bits per heavy atom. The molecule has 0 bridgehead atoms. The van der Waals surface area contributed by atoms with Gasteiger partial charge in [0.05, 0.1) is 11.8 Å². The molecule has 2 rings (SSSR count). The monoisotopic (exact) mass is 259 g/mol. The van der Waals surface area contributed by atoms with Crippen molar-refractivity contribution < 1.29 is 5.11 Å². The van der Waals surface area contributed by atoms with E-state index in [0.29, 0.717) is 12.5 Å². The molecule has 2 aromatic heterocycles. The Bertz CT molecular complexity index is 493. The van der Waals surface area contributed by atoms with Gasteiger partial charge in [-0.3, -0.25) is 9.67 Å². The summed E-state index contributed by atoms with van der Waals surface area (Å²) in [4.78, 5) is 4.07. The molecule has 1 N–H and O–H groups in total. The van der Waals surface area contributed by atoms with Crippen LogP contribution < -0.4 is 0 Å². The smallest absolute Gasteiger partial charge is 0.0650 e. The number of hydrogen-bond acceptors (Lipinski definition) is 3. The SMILES string of the molecule is CC(C)n1ccc(CC(O)CCc2cccnc2)n1. The van der Waals surface area contributed by atoms with E-state index in [9.17, 15) is 5.11 Å². The topological polar surface area (TPSA) is 50.9 Å². The van der Waals surface area contributed by atoms with E-state index in [1.807, 2.05) is 35.3 Å². The van der Waals surface area contributed by atoms with Gasteiger partial charge >= 0.3 is 0 Å². The zero-order valence-corrected chi connectivity index (χ0v) is 11.5. The second kappa shape index (κ2) is 6.48. The fourth-order valence-corrected chi connectivity index (χ4v) is 2.00. The van der Waals surface area contributed by atoms with Crippen molar-refractivity contribution in [1.82, 2.24) is 14.8 Å². The molecule has 0 aromatic carbocycles. The van der Waals surface area contributed by atoms with E-state index in [4.69, 9.17) is 0 Å². The average Bonchev–Trinajstić information content (AvgIpc) is 2.86. The molecule has 2 aromatic rings. The highest BCUT2D eigenvalue weighted by Gasteiger charge is 2.09. The molecular weight excluding hydrogens is 238 g/mol. The largest absolute Gasteiger partial charge is 0.393 e. The van der Waals surface area contributed by atoms with Crippen LogP contribution in [0.15, 0.2) is 36.8 Å². The van der Waals surface area contributed by atoms with Crippen molar-refractivity contribution in [2.45, 2.75) is 45.3 Å². The van der Waals surface area contributed by atoms with E-state index in [-0.39, 0.29) is 6.10 Å². The standard InChI is InChI=1S/C15H21N3O/c1-12(2)18-9-7-14(17-18)10-15(19)6-5-13-4-3-8-16-11-13/h3-4,7-9,11-12,15,19H,5-6,10H2,1-2H3. The normalized spacial score (nSPS) is 12.8. The van der Waals surface area contributed by atoms with Crippen LogP contribution in [0.3, 0.4) is 0 Å². The summed E-state index contributed by atoms with van der Waals surface area (Å²) in [6, 6.07) is 6.30. The highest BCUT2D eigenvalue weighted by Crippen LogP contribution is 2.10. The molecule has 0 spiro atoms. The van der Waals surface area contributed by atoms with Crippen molar-refractivity contribution in [1.29, 1.82) is 0 Å². The summed E-state index contributed by atoms with van der Waals surface area (Å²) in [5, 5.41) is 14.5. The number of aliphatic hydroxyl groups excluding tert-OH is 1. The van der Waals surface area contributed by atoms with E-state index in [1.54, 1.807) is 6.20 Å². The molecular formula is C15H21N3O. The maximum atomic E-state index is 10.0. The first-order valence-electron chi connectivity index (χ1n) is 6.76. The molecule has 4 nitrogen and oxygen atoms in total. The minimum Gasteiger partial charge on any atom is -0.393 e. The van der Waals surface area contributed by atoms with E-state index in [2.05, 4.69) is 23.9 Å². The van der Waals surface area contributed by atoms with Crippen molar-refractivity contribution in [3.63, 3.8) is 0 Å². The first kappa shape index (κ1) is 13.7. The third kappa shape index (κ3) is 4.17. The third-order valence-electron chi connectivity index (χ3n) is 3.13. The summed E-state index contributed by atoms with van der Waals surface area (Å²) in [6.45, 7) is 4.19. The van der Waals surface area contributed by atoms with Crippen molar-refractivity contribution in [2.75, 3.05) is 0 Å². The summed E-state index contributed by atoms with van der Waals surface area (Å²) < 4.78 is 1.92. The zero-order chi connectivity index (χ0) is 13.7. The van der Waals surface area contributed by atoms with Gasteiger partial charge in [0, 0.05) is 31.1 Å². The first-order valence-corrected chi connectivity index (χ1v) is 6.76. The molecule has 0 aliphatic heterocycles. The molecule has 0 aliphatic rings. The van der Waals surface area contributed by atoms with Crippen molar-refractivity contribution in [3.05, 3.63) is 48.0 Å². The fourth-order valence-electron chi connectivity index (χ4n) is 2.00. The molecule has 4 heteroatoms. The number of hydrogen-bond donors (Lipinski definition) is 1. The van der Waals surface area contributed by atoms with E-state index < -0.39 is 0 Å². The maximum absolute atomic E-state index is 10.0. The predicted molar refractivity (Wildman–Crippen MR) is 74.9 cm³/mol. The second-order valence-electron chi connectivity index (χ2n) is 5.14. The van der Waals surface area contributed by atoms with Gasteiger partial charge in [-0.15, -0.1) is 0 Å². The highest BCUT2D eigenvalue weighted by atomic mass is 16.3. The summed E-state index contributed by atoms with van der Waals surface area (Å²) in [6.07, 6.45) is 7.42. The lowest BCUT2D eigenvalue weighted by molar-refractivity contribution is 0.163. The van der Waals surface area contributed by atoms with Gasteiger partial charge in [-0.1, -0.05) is 6.07 Å². The van der Waals surface area contributed by atoms with Gasteiger partial charge in [-0.25, -0.2) is 0 Å². The number of nitrogens with zero attached hydrogens (tertiary/aromatic N) is 3. The lowest BCUT2D eigenvalue weighted by atomic mass is 10.1. The summed E-state index contributed by atoms with van der Waals surface area (Å²) in [7, 11) is 0. The van der Waals surface area contributed by atoms with Gasteiger partial charge < -0.3 is 5.11 Å². The predicted octanol–water partition coefficient (Wildman–Crippen LogP) is 2.40. The van der Waals surface area contributed by atoms with Gasteiger partial charge in [-0.2, -0.15) is 5.10 Å². The number of aliphatic hydroxyl groups is 1. The fraction of sp³-hybridized carbons (Fsp3) is 0.467. The number of pyridine rings is 1. The van der Waals surface area contributed by atoms with Crippen LogP contribution in [0.2, 0.25) is 0 Å². The van der Waals surface area contributed by atoms with Crippen molar-refractivity contribution in [3.8, 4) is 0 Å². The summed E-state index contributed by atoms with van der Waals surface area (Å²) in [5.74, 6) is 0. The Balaban J connectivity index is 1.82. The molecule has 0 fully saturated rings. The molecule has 2 heterocycles. The second-order valence-corrected chi connectivity index (χ2v) is 5.14. The molecule has 0 saturated carbocycles. The Kier molecular flexibility index (Phi) is 4.68. The lowest BCUT2D eigenvalue weighted by Crippen LogP contribution is -2.13. The Hall–Kier alpha value is -1.68. The van der Waals surface area contributed by atoms with Crippen LogP contribution in [-0.4, -0.2) is 26.0 Å². The van der Waals surface area contributed by atoms with E-state index in [1.165, 1.54) is 0 Å². The quantitative estimate of drug-likeness (QED) is 0.866. The highest BCUT2D eigenvalue weighted by molar-refractivity contribution is 5.09. The van der Waals surface area contributed by atoms with Gasteiger partial charge in [0.15, 0.2) is 0 Å². The molecule has 0 amide bonds. The summed E-state index contributed by atoms with van der Waals surface area (Å²) in [5.41, 5.74) is 2.11. The molecule has 0 radical (unpaired) electrons. The first-order chi connectivity index (χ1) is 9.15. The number of aromatic nitrogens is 3.